The number of methoxy groups -OCH3 is 1. The normalized spacial score (nSPS) is 12.5. The maximum Gasteiger partial charge on any atom is 0.251 e. The predicted molar refractivity (Wildman–Crippen MR) is 102 cm³/mol. The first-order valence-electron chi connectivity index (χ1n) is 9.01. The second-order valence-corrected chi connectivity index (χ2v) is 7.27. The molecule has 26 heavy (non-hydrogen) atoms. The fourth-order valence-corrected chi connectivity index (χ4v) is 2.25. The fraction of sp³-hybridized carbons (Fsp3) is 0.600. The largest absolute Gasteiger partial charge is 0.382 e. The Kier molecular flexibility index (Phi) is 9.30. The summed E-state index contributed by atoms with van der Waals surface area (Å²) in [5.41, 5.74) is 1.74. The molecule has 0 aliphatic heterocycles. The smallest absolute Gasteiger partial charge is 0.251 e. The molecule has 0 aliphatic rings. The zero-order valence-corrected chi connectivity index (χ0v) is 16.6. The Labute approximate surface area is 156 Å². The summed E-state index contributed by atoms with van der Waals surface area (Å²) in [4.78, 5) is 24.3. The Morgan fingerprint density at radius 1 is 1.08 bits per heavy atom. The van der Waals surface area contributed by atoms with Gasteiger partial charge < -0.3 is 20.1 Å². The maximum absolute atomic E-state index is 12.3. The Hall–Kier alpha value is -1.92. The lowest BCUT2D eigenvalue weighted by Crippen LogP contribution is -2.45. The summed E-state index contributed by atoms with van der Waals surface area (Å²) in [7, 11) is 1.62. The summed E-state index contributed by atoms with van der Waals surface area (Å²) in [6, 6.07) is 6.88. The summed E-state index contributed by atoms with van der Waals surface area (Å²) in [5.74, 6) is -0.461. The van der Waals surface area contributed by atoms with Gasteiger partial charge in [0.25, 0.3) is 5.91 Å². The number of carbonyl (C=O) groups is 2. The summed E-state index contributed by atoms with van der Waals surface area (Å²) in [5, 5.41) is 5.52. The molecule has 6 nitrogen and oxygen atoms in total. The van der Waals surface area contributed by atoms with Crippen molar-refractivity contribution in [3.8, 4) is 0 Å². The molecule has 2 N–H and O–H groups in total. The quantitative estimate of drug-likeness (QED) is 0.625. The van der Waals surface area contributed by atoms with E-state index in [4.69, 9.17) is 9.47 Å². The molecule has 1 aromatic carbocycles. The van der Waals surface area contributed by atoms with Gasteiger partial charge in [-0.1, -0.05) is 32.9 Å². The van der Waals surface area contributed by atoms with Crippen LogP contribution in [0, 0.1) is 0 Å². The van der Waals surface area contributed by atoms with Crippen molar-refractivity contribution in [1.29, 1.82) is 0 Å². The van der Waals surface area contributed by atoms with Gasteiger partial charge in [-0.2, -0.15) is 0 Å². The second-order valence-electron chi connectivity index (χ2n) is 7.27. The third-order valence-corrected chi connectivity index (χ3v) is 3.95. The van der Waals surface area contributed by atoms with E-state index in [2.05, 4.69) is 31.4 Å². The maximum atomic E-state index is 12.3. The average Bonchev–Trinajstić information content (AvgIpc) is 2.60. The highest BCUT2D eigenvalue weighted by Crippen LogP contribution is 2.22. The minimum Gasteiger partial charge on any atom is -0.382 e. The van der Waals surface area contributed by atoms with Crippen LogP contribution in [-0.2, 0) is 19.7 Å². The Morgan fingerprint density at radius 2 is 1.73 bits per heavy atom. The fourth-order valence-electron chi connectivity index (χ4n) is 2.25. The average molecular weight is 364 g/mol. The van der Waals surface area contributed by atoms with E-state index in [1.165, 1.54) is 0 Å². The topological polar surface area (TPSA) is 76.7 Å². The number of hydrogen-bond acceptors (Lipinski definition) is 4. The number of hydrogen-bond donors (Lipinski definition) is 2. The molecule has 146 valence electrons. The highest BCUT2D eigenvalue weighted by atomic mass is 16.5. The number of ether oxygens (including phenoxy) is 2. The van der Waals surface area contributed by atoms with Gasteiger partial charge in [-0.15, -0.1) is 0 Å². The van der Waals surface area contributed by atoms with Crippen LogP contribution < -0.4 is 10.6 Å². The lowest BCUT2D eigenvalue weighted by Gasteiger charge is -2.19. The van der Waals surface area contributed by atoms with Crippen molar-refractivity contribution in [2.24, 2.45) is 0 Å². The molecule has 1 unspecified atom stereocenters. The predicted octanol–water partition coefficient (Wildman–Crippen LogP) is 2.27. The van der Waals surface area contributed by atoms with Crippen LogP contribution in [0.2, 0.25) is 0 Å². The van der Waals surface area contributed by atoms with E-state index in [9.17, 15) is 9.59 Å². The standard InChI is InChI=1S/C20H32N2O4/c1-15(18(23)21-11-6-12-26-14-13-25-5)22-19(24)16-7-9-17(10-8-16)20(2,3)4/h7-10,15H,6,11-14H2,1-5H3,(H,21,23)(H,22,24). The van der Waals surface area contributed by atoms with Gasteiger partial charge in [0.05, 0.1) is 13.2 Å². The van der Waals surface area contributed by atoms with Crippen molar-refractivity contribution in [2.75, 3.05) is 33.5 Å². The van der Waals surface area contributed by atoms with E-state index in [0.29, 0.717) is 38.3 Å². The minimum absolute atomic E-state index is 0.0372. The van der Waals surface area contributed by atoms with E-state index in [0.717, 1.165) is 5.56 Å². The Bertz CT molecular complexity index is 564. The van der Waals surface area contributed by atoms with Crippen LogP contribution in [0.1, 0.15) is 50.0 Å². The Morgan fingerprint density at radius 3 is 2.31 bits per heavy atom. The lowest BCUT2D eigenvalue weighted by atomic mass is 9.86. The first-order valence-corrected chi connectivity index (χ1v) is 9.01. The number of carbonyl (C=O) groups excluding carboxylic acids is 2. The molecule has 0 aliphatic carbocycles. The molecule has 0 aromatic heterocycles. The van der Waals surface area contributed by atoms with Gasteiger partial charge in [-0.05, 0) is 36.5 Å². The van der Waals surface area contributed by atoms with Crippen LogP contribution >= 0.6 is 0 Å². The van der Waals surface area contributed by atoms with E-state index in [1.54, 1.807) is 26.2 Å². The molecular formula is C20H32N2O4. The van der Waals surface area contributed by atoms with Gasteiger partial charge in [0.2, 0.25) is 5.91 Å². The zero-order valence-electron chi connectivity index (χ0n) is 16.6. The van der Waals surface area contributed by atoms with Gasteiger partial charge in [0.1, 0.15) is 6.04 Å². The molecule has 6 heteroatoms. The molecular weight excluding hydrogens is 332 g/mol. The molecule has 1 rings (SSSR count). The first kappa shape index (κ1) is 22.1. The first-order chi connectivity index (χ1) is 12.3. The molecule has 0 saturated carbocycles. The van der Waals surface area contributed by atoms with Crippen LogP contribution in [0.4, 0.5) is 0 Å². The molecule has 1 aromatic rings. The summed E-state index contributed by atoms with van der Waals surface area (Å²) >= 11 is 0. The van der Waals surface area contributed by atoms with Crippen molar-refractivity contribution in [2.45, 2.75) is 45.6 Å². The zero-order chi connectivity index (χ0) is 19.6. The lowest BCUT2D eigenvalue weighted by molar-refractivity contribution is -0.122. The van der Waals surface area contributed by atoms with Crippen LogP contribution in [-0.4, -0.2) is 51.3 Å². The minimum atomic E-state index is -0.598. The number of amides is 2. The summed E-state index contributed by atoms with van der Waals surface area (Å²) in [6.07, 6.45) is 0.713. The number of benzene rings is 1. The molecule has 0 heterocycles. The van der Waals surface area contributed by atoms with Crippen LogP contribution in [0.25, 0.3) is 0 Å². The SMILES string of the molecule is COCCOCCCNC(=O)C(C)NC(=O)c1ccc(C(C)(C)C)cc1. The molecule has 0 radical (unpaired) electrons. The highest BCUT2D eigenvalue weighted by molar-refractivity contribution is 5.97. The molecule has 1 atom stereocenters. The van der Waals surface area contributed by atoms with Crippen molar-refractivity contribution in [1.82, 2.24) is 10.6 Å². The van der Waals surface area contributed by atoms with Crippen molar-refractivity contribution < 1.29 is 19.1 Å². The van der Waals surface area contributed by atoms with E-state index in [1.807, 2.05) is 12.1 Å². The highest BCUT2D eigenvalue weighted by Gasteiger charge is 2.17. The third-order valence-electron chi connectivity index (χ3n) is 3.95. The second kappa shape index (κ2) is 10.9. The van der Waals surface area contributed by atoms with E-state index >= 15 is 0 Å². The van der Waals surface area contributed by atoms with Gasteiger partial charge in [-0.3, -0.25) is 9.59 Å². The number of nitrogens with one attached hydrogen (secondary N) is 2. The molecule has 0 fully saturated rings. The van der Waals surface area contributed by atoms with Gasteiger partial charge in [-0.25, -0.2) is 0 Å². The monoisotopic (exact) mass is 364 g/mol. The summed E-state index contributed by atoms with van der Waals surface area (Å²) in [6.45, 7) is 10.2. The third kappa shape index (κ3) is 7.97. The summed E-state index contributed by atoms with van der Waals surface area (Å²) < 4.78 is 10.2. The molecule has 2 amide bonds. The van der Waals surface area contributed by atoms with E-state index in [-0.39, 0.29) is 17.2 Å². The van der Waals surface area contributed by atoms with Crippen LogP contribution in [0.3, 0.4) is 0 Å². The van der Waals surface area contributed by atoms with Crippen LogP contribution in [0.5, 0.6) is 0 Å². The van der Waals surface area contributed by atoms with Crippen LogP contribution in [0.15, 0.2) is 24.3 Å². The molecule has 0 spiro atoms. The number of rotatable bonds is 10. The van der Waals surface area contributed by atoms with Gasteiger partial charge >= 0.3 is 0 Å². The van der Waals surface area contributed by atoms with Gasteiger partial charge in [0.15, 0.2) is 0 Å². The molecule has 0 bridgehead atoms. The Balaban J connectivity index is 2.35. The van der Waals surface area contributed by atoms with Crippen molar-refractivity contribution in [3.05, 3.63) is 35.4 Å². The molecule has 0 saturated heterocycles. The van der Waals surface area contributed by atoms with E-state index < -0.39 is 6.04 Å². The van der Waals surface area contributed by atoms with Crippen molar-refractivity contribution >= 4 is 11.8 Å². The van der Waals surface area contributed by atoms with Gasteiger partial charge in [0, 0.05) is 25.8 Å². The van der Waals surface area contributed by atoms with Crippen molar-refractivity contribution in [3.63, 3.8) is 0 Å².